The van der Waals surface area contributed by atoms with Crippen molar-refractivity contribution >= 4 is 17.6 Å². The normalized spacial score (nSPS) is 10.5. The SMILES string of the molecule is O=C(COc1ccccc1C(=O)OCc1coc(-c2ccc(F)cc2)n1)Nc1ccccc1F. The third-order valence-corrected chi connectivity index (χ3v) is 4.61. The van der Waals surface area contributed by atoms with E-state index in [2.05, 4.69) is 10.3 Å². The molecule has 0 atom stereocenters. The lowest BCUT2D eigenvalue weighted by molar-refractivity contribution is -0.118. The Balaban J connectivity index is 1.35. The third-order valence-electron chi connectivity index (χ3n) is 4.61. The molecule has 0 aliphatic heterocycles. The van der Waals surface area contributed by atoms with Gasteiger partial charge in [-0.25, -0.2) is 18.6 Å². The molecule has 0 saturated carbocycles. The molecule has 9 heteroatoms. The molecule has 34 heavy (non-hydrogen) atoms. The lowest BCUT2D eigenvalue weighted by Crippen LogP contribution is -2.21. The number of aromatic nitrogens is 1. The Hall–Kier alpha value is -4.53. The summed E-state index contributed by atoms with van der Waals surface area (Å²) in [4.78, 5) is 28.9. The molecule has 0 aliphatic carbocycles. The van der Waals surface area contributed by atoms with E-state index in [1.54, 1.807) is 18.2 Å². The van der Waals surface area contributed by atoms with Crippen LogP contribution >= 0.6 is 0 Å². The fourth-order valence-corrected chi connectivity index (χ4v) is 2.97. The molecule has 1 aromatic heterocycles. The van der Waals surface area contributed by atoms with Gasteiger partial charge in [0.2, 0.25) is 5.89 Å². The number of esters is 1. The van der Waals surface area contributed by atoms with Crippen LogP contribution in [0.3, 0.4) is 0 Å². The van der Waals surface area contributed by atoms with Crippen LogP contribution in [0.1, 0.15) is 16.1 Å². The number of para-hydroxylation sites is 2. The van der Waals surface area contributed by atoms with Crippen LogP contribution in [0.15, 0.2) is 83.5 Å². The number of benzene rings is 3. The summed E-state index contributed by atoms with van der Waals surface area (Å²) in [5.41, 5.74) is 1.06. The molecule has 0 aliphatic rings. The Kier molecular flexibility index (Phi) is 6.92. The summed E-state index contributed by atoms with van der Waals surface area (Å²) >= 11 is 0. The van der Waals surface area contributed by atoms with Crippen LogP contribution in [0.25, 0.3) is 11.5 Å². The van der Waals surface area contributed by atoms with Crippen molar-refractivity contribution < 1.29 is 32.3 Å². The summed E-state index contributed by atoms with van der Waals surface area (Å²) in [5.74, 6) is -1.86. The summed E-state index contributed by atoms with van der Waals surface area (Å²) in [6.45, 7) is -0.616. The fraction of sp³-hybridized carbons (Fsp3) is 0.0800. The van der Waals surface area contributed by atoms with Crippen LogP contribution in [0.4, 0.5) is 14.5 Å². The standard InChI is InChI=1S/C25H18F2N2O5/c26-17-11-9-16(10-12-17)24-28-18(13-33-24)14-34-25(31)19-5-1-4-8-22(19)32-15-23(30)29-21-7-3-2-6-20(21)27/h1-13H,14-15H2,(H,29,30). The van der Waals surface area contributed by atoms with E-state index in [-0.39, 0.29) is 35.3 Å². The number of anilines is 1. The number of nitrogens with zero attached hydrogens (tertiary/aromatic N) is 1. The number of carbonyl (C=O) groups excluding carboxylic acids is 2. The molecule has 4 aromatic rings. The van der Waals surface area contributed by atoms with E-state index < -0.39 is 24.3 Å². The van der Waals surface area contributed by atoms with E-state index in [1.165, 1.54) is 60.9 Å². The van der Waals surface area contributed by atoms with Crippen molar-refractivity contribution in [1.29, 1.82) is 0 Å². The monoisotopic (exact) mass is 464 g/mol. The van der Waals surface area contributed by atoms with E-state index in [9.17, 15) is 18.4 Å². The van der Waals surface area contributed by atoms with Crippen molar-refractivity contribution in [3.8, 4) is 17.2 Å². The van der Waals surface area contributed by atoms with Gasteiger partial charge < -0.3 is 19.2 Å². The Morgan fingerprint density at radius 3 is 2.47 bits per heavy atom. The van der Waals surface area contributed by atoms with Gasteiger partial charge in [0.05, 0.1) is 5.69 Å². The minimum absolute atomic E-state index is 0.0245. The van der Waals surface area contributed by atoms with Gasteiger partial charge in [-0.15, -0.1) is 0 Å². The molecular weight excluding hydrogens is 446 g/mol. The maximum absolute atomic E-state index is 13.7. The molecule has 172 valence electrons. The van der Waals surface area contributed by atoms with Crippen molar-refractivity contribution in [3.63, 3.8) is 0 Å². The van der Waals surface area contributed by atoms with Gasteiger partial charge in [-0.05, 0) is 48.5 Å². The Morgan fingerprint density at radius 1 is 0.941 bits per heavy atom. The second-order valence-electron chi connectivity index (χ2n) is 7.04. The zero-order valence-electron chi connectivity index (χ0n) is 17.7. The smallest absolute Gasteiger partial charge is 0.342 e. The van der Waals surface area contributed by atoms with Gasteiger partial charge in [-0.2, -0.15) is 0 Å². The number of ether oxygens (including phenoxy) is 2. The van der Waals surface area contributed by atoms with Crippen LogP contribution in [0.2, 0.25) is 0 Å². The maximum Gasteiger partial charge on any atom is 0.342 e. The number of carbonyl (C=O) groups is 2. The first-order valence-corrected chi connectivity index (χ1v) is 10.1. The van der Waals surface area contributed by atoms with Gasteiger partial charge in [0.15, 0.2) is 6.61 Å². The predicted molar refractivity (Wildman–Crippen MR) is 118 cm³/mol. The lowest BCUT2D eigenvalue weighted by Gasteiger charge is -2.11. The molecule has 0 radical (unpaired) electrons. The molecule has 4 rings (SSSR count). The van der Waals surface area contributed by atoms with Crippen molar-refractivity contribution in [3.05, 3.63) is 102 Å². The van der Waals surface area contributed by atoms with Crippen LogP contribution < -0.4 is 10.1 Å². The van der Waals surface area contributed by atoms with E-state index in [0.29, 0.717) is 11.3 Å². The third kappa shape index (κ3) is 5.63. The zero-order valence-corrected chi connectivity index (χ0v) is 17.7. The molecule has 0 unspecified atom stereocenters. The van der Waals surface area contributed by atoms with Gasteiger partial charge in [-0.1, -0.05) is 24.3 Å². The number of halogens is 2. The predicted octanol–water partition coefficient (Wildman–Crippen LogP) is 4.99. The molecule has 0 saturated heterocycles. The maximum atomic E-state index is 13.7. The molecule has 1 amide bonds. The van der Waals surface area contributed by atoms with Crippen LogP contribution in [-0.2, 0) is 16.1 Å². The number of oxazole rings is 1. The van der Waals surface area contributed by atoms with Crippen molar-refractivity contribution in [2.75, 3.05) is 11.9 Å². The number of rotatable bonds is 8. The summed E-state index contributed by atoms with van der Waals surface area (Å²) in [5, 5.41) is 2.40. The highest BCUT2D eigenvalue weighted by atomic mass is 19.1. The van der Waals surface area contributed by atoms with Crippen molar-refractivity contribution in [2.24, 2.45) is 0 Å². The minimum Gasteiger partial charge on any atom is -0.483 e. The largest absolute Gasteiger partial charge is 0.483 e. The average molecular weight is 464 g/mol. The highest BCUT2D eigenvalue weighted by Gasteiger charge is 2.17. The van der Waals surface area contributed by atoms with E-state index in [1.807, 2.05) is 0 Å². The molecule has 3 aromatic carbocycles. The van der Waals surface area contributed by atoms with E-state index in [0.717, 1.165) is 0 Å². The first-order chi connectivity index (χ1) is 16.5. The van der Waals surface area contributed by atoms with Gasteiger partial charge >= 0.3 is 5.97 Å². The van der Waals surface area contributed by atoms with Crippen LogP contribution in [0.5, 0.6) is 5.75 Å². The van der Waals surface area contributed by atoms with Crippen molar-refractivity contribution in [1.82, 2.24) is 4.98 Å². The first-order valence-electron chi connectivity index (χ1n) is 10.1. The quantitative estimate of drug-likeness (QED) is 0.369. The van der Waals surface area contributed by atoms with Crippen LogP contribution in [0, 0.1) is 11.6 Å². The Morgan fingerprint density at radius 2 is 1.68 bits per heavy atom. The molecule has 1 N–H and O–H groups in total. The van der Waals surface area contributed by atoms with Gasteiger partial charge in [0, 0.05) is 5.56 Å². The van der Waals surface area contributed by atoms with Crippen molar-refractivity contribution in [2.45, 2.75) is 6.61 Å². The average Bonchev–Trinajstić information content (AvgIpc) is 3.32. The van der Waals surface area contributed by atoms with Crippen LogP contribution in [-0.4, -0.2) is 23.5 Å². The fourth-order valence-electron chi connectivity index (χ4n) is 2.97. The second-order valence-corrected chi connectivity index (χ2v) is 7.04. The molecule has 1 heterocycles. The first kappa shape index (κ1) is 22.7. The van der Waals surface area contributed by atoms with E-state index in [4.69, 9.17) is 13.9 Å². The zero-order chi connectivity index (χ0) is 23.9. The Bertz CT molecular complexity index is 1300. The summed E-state index contributed by atoms with van der Waals surface area (Å²) in [6.07, 6.45) is 1.33. The lowest BCUT2D eigenvalue weighted by atomic mass is 10.2. The topological polar surface area (TPSA) is 90.7 Å². The number of amides is 1. The number of hydrogen-bond donors (Lipinski definition) is 1. The molecule has 7 nitrogen and oxygen atoms in total. The number of hydrogen-bond acceptors (Lipinski definition) is 6. The van der Waals surface area contributed by atoms with Gasteiger partial charge in [0.1, 0.15) is 41.5 Å². The van der Waals surface area contributed by atoms with Gasteiger partial charge in [0.25, 0.3) is 5.91 Å². The molecule has 0 fully saturated rings. The summed E-state index contributed by atoms with van der Waals surface area (Å²) in [7, 11) is 0. The Labute approximate surface area is 193 Å². The molecule has 0 bridgehead atoms. The second kappa shape index (κ2) is 10.4. The van der Waals surface area contributed by atoms with Gasteiger partial charge in [-0.3, -0.25) is 4.79 Å². The number of nitrogens with one attached hydrogen (secondary N) is 1. The highest BCUT2D eigenvalue weighted by Crippen LogP contribution is 2.22. The summed E-state index contributed by atoms with van der Waals surface area (Å²) in [6, 6.07) is 17.6. The molecular formula is C25H18F2N2O5. The summed E-state index contributed by atoms with van der Waals surface area (Å²) < 4.78 is 42.8. The minimum atomic E-state index is -0.698. The molecule has 0 spiro atoms. The van der Waals surface area contributed by atoms with E-state index >= 15 is 0 Å². The highest BCUT2D eigenvalue weighted by molar-refractivity contribution is 5.94.